The largest absolute Gasteiger partial charge is 0.467 e. The number of amides is 1. The Labute approximate surface area is 188 Å². The van der Waals surface area contributed by atoms with Crippen molar-refractivity contribution < 1.29 is 45.1 Å². The molecule has 2 heterocycles. The average Bonchev–Trinajstić information content (AvgIpc) is 3.42. The first-order chi connectivity index (χ1) is 15.9. The maximum absolute atomic E-state index is 13.6. The van der Waals surface area contributed by atoms with Crippen LogP contribution in [0.1, 0.15) is 39.1 Å². The number of carbonyl (C=O) groups is 2. The van der Waals surface area contributed by atoms with E-state index in [-0.39, 0.29) is 23.6 Å². The quantitative estimate of drug-likeness (QED) is 0.350. The van der Waals surface area contributed by atoms with Gasteiger partial charge in [0.2, 0.25) is 0 Å². The minimum atomic E-state index is -4.97. The zero-order valence-electron chi connectivity index (χ0n) is 17.5. The molecule has 0 fully saturated rings. The summed E-state index contributed by atoms with van der Waals surface area (Å²) in [7, 11) is 0. The lowest BCUT2D eigenvalue weighted by Crippen LogP contribution is -2.38. The van der Waals surface area contributed by atoms with Crippen LogP contribution < -0.4 is 0 Å². The Morgan fingerprint density at radius 3 is 2.29 bits per heavy atom. The third kappa shape index (κ3) is 5.77. The zero-order chi connectivity index (χ0) is 25.1. The van der Waals surface area contributed by atoms with Gasteiger partial charge in [0.25, 0.3) is 5.91 Å². The fourth-order valence-corrected chi connectivity index (χ4v) is 3.11. The van der Waals surface area contributed by atoms with E-state index in [1.807, 2.05) is 0 Å². The van der Waals surface area contributed by atoms with Crippen LogP contribution in [-0.2, 0) is 17.5 Å². The van der Waals surface area contributed by atoms with Gasteiger partial charge in [-0.25, -0.2) is 9.48 Å². The second-order valence-corrected chi connectivity index (χ2v) is 6.94. The van der Waals surface area contributed by atoms with E-state index in [1.54, 1.807) is 0 Å². The maximum atomic E-state index is 13.6. The van der Waals surface area contributed by atoms with Crippen molar-refractivity contribution in [3.63, 3.8) is 0 Å². The Bertz CT molecular complexity index is 1130. The number of alkyl halides is 6. The van der Waals surface area contributed by atoms with E-state index in [0.717, 1.165) is 24.3 Å². The molecule has 3 aromatic rings. The van der Waals surface area contributed by atoms with E-state index >= 15 is 0 Å². The molecule has 0 N–H and O–H groups in total. The van der Waals surface area contributed by atoms with Gasteiger partial charge in [0, 0.05) is 5.56 Å². The summed E-state index contributed by atoms with van der Waals surface area (Å²) in [4.78, 5) is 25.1. The molecule has 0 aliphatic carbocycles. The van der Waals surface area contributed by atoms with Gasteiger partial charge in [-0.2, -0.15) is 31.4 Å². The predicted octanol–water partition coefficient (Wildman–Crippen LogP) is 4.87. The summed E-state index contributed by atoms with van der Waals surface area (Å²) in [6.07, 6.45) is -7.72. The highest BCUT2D eigenvalue weighted by Crippen LogP contribution is 2.34. The standard InChI is InChI=1S/C21H17F6N3O4/c1-2-33-19(32)16-10-28-30(17(16)21(25,26)27)14-7-5-13(6-8-14)18(31)29(12-20(22,23)24)11-15-4-3-9-34-15/h3-10H,2,11-12H2,1H3. The number of ether oxygens (including phenoxy) is 1. The van der Waals surface area contributed by atoms with Gasteiger partial charge < -0.3 is 14.1 Å². The molecule has 0 spiro atoms. The Morgan fingerprint density at radius 2 is 1.76 bits per heavy atom. The number of nitrogens with zero attached hydrogens (tertiary/aromatic N) is 3. The van der Waals surface area contributed by atoms with E-state index in [4.69, 9.17) is 4.42 Å². The summed E-state index contributed by atoms with van der Waals surface area (Å²) in [5, 5.41) is 3.60. The van der Waals surface area contributed by atoms with Crippen LogP contribution >= 0.6 is 0 Å². The minimum Gasteiger partial charge on any atom is -0.467 e. The molecule has 1 aromatic carbocycles. The van der Waals surface area contributed by atoms with Crippen molar-refractivity contribution in [3.8, 4) is 5.69 Å². The van der Waals surface area contributed by atoms with Crippen molar-refractivity contribution in [1.29, 1.82) is 0 Å². The van der Waals surface area contributed by atoms with Gasteiger partial charge >= 0.3 is 18.3 Å². The van der Waals surface area contributed by atoms with Gasteiger partial charge in [-0.05, 0) is 43.3 Å². The summed E-state index contributed by atoms with van der Waals surface area (Å²) in [6.45, 7) is -0.744. The van der Waals surface area contributed by atoms with Crippen LogP contribution in [0.5, 0.6) is 0 Å². The Morgan fingerprint density at radius 1 is 1.09 bits per heavy atom. The lowest BCUT2D eigenvalue weighted by molar-refractivity contribution is -0.143. The molecular weight excluding hydrogens is 472 g/mol. The van der Waals surface area contributed by atoms with Crippen molar-refractivity contribution in [2.24, 2.45) is 0 Å². The van der Waals surface area contributed by atoms with E-state index in [9.17, 15) is 35.9 Å². The van der Waals surface area contributed by atoms with Crippen LogP contribution in [0.3, 0.4) is 0 Å². The SMILES string of the molecule is CCOC(=O)c1cnn(-c2ccc(C(=O)N(Cc3ccco3)CC(F)(F)F)cc2)c1C(F)(F)F. The molecule has 0 aliphatic rings. The lowest BCUT2D eigenvalue weighted by Gasteiger charge is -2.23. The highest BCUT2D eigenvalue weighted by atomic mass is 19.4. The van der Waals surface area contributed by atoms with Crippen LogP contribution in [0.2, 0.25) is 0 Å². The number of hydrogen-bond donors (Lipinski definition) is 0. The van der Waals surface area contributed by atoms with Crippen molar-refractivity contribution in [2.45, 2.75) is 25.8 Å². The smallest absolute Gasteiger partial charge is 0.434 e. The minimum absolute atomic E-state index is 0.118. The molecule has 182 valence electrons. The van der Waals surface area contributed by atoms with Crippen LogP contribution in [0.25, 0.3) is 5.69 Å². The molecule has 2 aromatic heterocycles. The number of furan rings is 1. The molecule has 0 unspecified atom stereocenters. The van der Waals surface area contributed by atoms with Crippen LogP contribution in [-0.4, -0.2) is 45.9 Å². The number of carbonyl (C=O) groups excluding carboxylic acids is 2. The van der Waals surface area contributed by atoms with Crippen molar-refractivity contribution in [2.75, 3.05) is 13.2 Å². The van der Waals surface area contributed by atoms with Crippen LogP contribution in [0.4, 0.5) is 26.3 Å². The molecule has 1 amide bonds. The number of aromatic nitrogens is 2. The molecule has 0 saturated carbocycles. The van der Waals surface area contributed by atoms with Crippen molar-refractivity contribution >= 4 is 11.9 Å². The number of benzene rings is 1. The first-order valence-electron chi connectivity index (χ1n) is 9.72. The highest BCUT2D eigenvalue weighted by Gasteiger charge is 2.41. The first-order valence-corrected chi connectivity index (χ1v) is 9.72. The summed E-state index contributed by atoms with van der Waals surface area (Å²) in [6, 6.07) is 7.13. The summed E-state index contributed by atoms with van der Waals surface area (Å²) in [5.41, 5.74) is -2.57. The van der Waals surface area contributed by atoms with Crippen molar-refractivity contribution in [3.05, 3.63) is 71.4 Å². The lowest BCUT2D eigenvalue weighted by atomic mass is 10.1. The summed E-state index contributed by atoms with van der Waals surface area (Å²) in [5.74, 6) is -2.11. The number of hydrogen-bond acceptors (Lipinski definition) is 5. The number of esters is 1. The molecular formula is C21H17F6N3O4. The van der Waals surface area contributed by atoms with Gasteiger partial charge in [0.15, 0.2) is 5.69 Å². The molecule has 0 atom stereocenters. The van der Waals surface area contributed by atoms with Crippen molar-refractivity contribution in [1.82, 2.24) is 14.7 Å². The van der Waals surface area contributed by atoms with E-state index in [1.165, 1.54) is 25.3 Å². The Kier molecular flexibility index (Phi) is 7.03. The van der Waals surface area contributed by atoms with Crippen LogP contribution in [0.15, 0.2) is 53.3 Å². The van der Waals surface area contributed by atoms with Gasteiger partial charge in [0.05, 0.1) is 31.3 Å². The molecule has 13 heteroatoms. The molecule has 0 bridgehead atoms. The number of rotatable bonds is 7. The van der Waals surface area contributed by atoms with E-state index in [0.29, 0.717) is 15.8 Å². The van der Waals surface area contributed by atoms with Gasteiger partial charge in [0.1, 0.15) is 17.9 Å². The Balaban J connectivity index is 1.92. The normalized spacial score (nSPS) is 12.0. The second kappa shape index (κ2) is 9.61. The predicted molar refractivity (Wildman–Crippen MR) is 104 cm³/mol. The third-order valence-electron chi connectivity index (χ3n) is 4.48. The molecule has 0 aliphatic heterocycles. The molecule has 7 nitrogen and oxygen atoms in total. The first kappa shape index (κ1) is 24.9. The van der Waals surface area contributed by atoms with Gasteiger partial charge in [-0.1, -0.05) is 0 Å². The average molecular weight is 489 g/mol. The van der Waals surface area contributed by atoms with Crippen LogP contribution in [0, 0.1) is 0 Å². The highest BCUT2D eigenvalue weighted by molar-refractivity contribution is 5.94. The summed E-state index contributed by atoms with van der Waals surface area (Å²) >= 11 is 0. The summed E-state index contributed by atoms with van der Waals surface area (Å²) < 4.78 is 90.0. The Hall–Kier alpha value is -3.77. The van der Waals surface area contributed by atoms with E-state index < -0.39 is 48.6 Å². The second-order valence-electron chi connectivity index (χ2n) is 6.94. The fourth-order valence-electron chi connectivity index (χ4n) is 3.11. The van der Waals surface area contributed by atoms with E-state index in [2.05, 4.69) is 9.84 Å². The molecule has 3 rings (SSSR count). The zero-order valence-corrected chi connectivity index (χ0v) is 17.5. The molecule has 34 heavy (non-hydrogen) atoms. The van der Waals surface area contributed by atoms with Gasteiger partial charge in [-0.15, -0.1) is 0 Å². The molecule has 0 saturated heterocycles. The maximum Gasteiger partial charge on any atom is 0.434 e. The fraction of sp³-hybridized carbons (Fsp3) is 0.286. The molecule has 0 radical (unpaired) electrons. The monoisotopic (exact) mass is 489 g/mol. The van der Waals surface area contributed by atoms with Gasteiger partial charge in [-0.3, -0.25) is 4.79 Å². The topological polar surface area (TPSA) is 77.6 Å². The third-order valence-corrected chi connectivity index (χ3v) is 4.48. The number of halogens is 6.